The number of hydrogen-bond donors (Lipinski definition) is 0. The lowest BCUT2D eigenvalue weighted by atomic mass is 10.0. The van der Waals surface area contributed by atoms with E-state index in [1.165, 1.54) is 11.9 Å². The minimum atomic E-state index is -1.12. The Bertz CT molecular complexity index is 936. The maximum atomic E-state index is 12.3. The highest BCUT2D eigenvalue weighted by molar-refractivity contribution is 5.84. The number of hydrazone groups is 1. The Balaban J connectivity index is 1.87. The van der Waals surface area contributed by atoms with E-state index >= 15 is 0 Å². The van der Waals surface area contributed by atoms with Crippen LogP contribution in [0.2, 0.25) is 0 Å². The monoisotopic (exact) mass is 398 g/mol. The van der Waals surface area contributed by atoms with E-state index in [9.17, 15) is 4.79 Å². The van der Waals surface area contributed by atoms with Crippen LogP contribution in [0.3, 0.4) is 0 Å². The summed E-state index contributed by atoms with van der Waals surface area (Å²) in [6, 6.07) is 11.3. The predicted molar refractivity (Wildman–Crippen MR) is 109 cm³/mol. The van der Waals surface area contributed by atoms with Gasteiger partial charge in [-0.3, -0.25) is 4.79 Å². The minimum absolute atomic E-state index is 0.109. The maximum absolute atomic E-state index is 12.3. The molecule has 154 valence electrons. The predicted octanol–water partition coefficient (Wildman–Crippen LogP) is 3.76. The fraction of sp³-hybridized carbons (Fsp3) is 0.364. The molecule has 1 aliphatic rings. The van der Waals surface area contributed by atoms with Gasteiger partial charge in [0.25, 0.3) is 0 Å². The first-order valence-corrected chi connectivity index (χ1v) is 9.29. The summed E-state index contributed by atoms with van der Waals surface area (Å²) in [5.41, 5.74) is 1.63. The molecule has 0 aliphatic carbocycles. The third kappa shape index (κ3) is 3.85. The number of ether oxygens (including phenoxy) is 4. The Morgan fingerprint density at radius 1 is 1.10 bits per heavy atom. The van der Waals surface area contributed by atoms with Crippen LogP contribution in [0.4, 0.5) is 0 Å². The molecule has 3 rings (SSSR count). The quantitative estimate of drug-likeness (QED) is 0.741. The first-order valence-electron chi connectivity index (χ1n) is 9.29. The van der Waals surface area contributed by atoms with Gasteiger partial charge in [0, 0.05) is 19.4 Å². The van der Waals surface area contributed by atoms with Crippen LogP contribution in [0.1, 0.15) is 30.5 Å². The number of carbonyl (C=O) groups is 1. The zero-order valence-electron chi connectivity index (χ0n) is 17.6. The summed E-state index contributed by atoms with van der Waals surface area (Å²) in [4.78, 5) is 12.3. The molecule has 0 aromatic heterocycles. The summed E-state index contributed by atoms with van der Waals surface area (Å²) in [5, 5.41) is 5.69. The van der Waals surface area contributed by atoms with Gasteiger partial charge in [-0.1, -0.05) is 18.2 Å². The molecule has 0 unspecified atom stereocenters. The van der Waals surface area contributed by atoms with Crippen molar-refractivity contribution in [3.8, 4) is 17.2 Å². The molecular formula is C22H26N2O5. The number of amides is 1. The lowest BCUT2D eigenvalue weighted by molar-refractivity contribution is -0.146. The number of para-hydroxylation sites is 1. The average molecular weight is 398 g/mol. The Hall–Kier alpha value is -3.22. The summed E-state index contributed by atoms with van der Waals surface area (Å²) in [6.07, 6.45) is 0. The van der Waals surface area contributed by atoms with Crippen LogP contribution >= 0.6 is 0 Å². The molecular weight excluding hydrogens is 372 g/mol. The van der Waals surface area contributed by atoms with Crippen molar-refractivity contribution in [1.82, 2.24) is 5.01 Å². The van der Waals surface area contributed by atoms with Crippen molar-refractivity contribution in [3.05, 3.63) is 53.1 Å². The minimum Gasteiger partial charge on any atom is -0.493 e. The van der Waals surface area contributed by atoms with Gasteiger partial charge < -0.3 is 18.9 Å². The molecule has 0 spiro atoms. The van der Waals surface area contributed by atoms with Gasteiger partial charge in [0.15, 0.2) is 18.1 Å². The van der Waals surface area contributed by atoms with E-state index in [2.05, 4.69) is 5.10 Å². The lowest BCUT2D eigenvalue weighted by Crippen LogP contribution is -2.41. The van der Waals surface area contributed by atoms with E-state index in [0.717, 1.165) is 16.9 Å². The Morgan fingerprint density at radius 2 is 1.76 bits per heavy atom. The first kappa shape index (κ1) is 20.5. The number of benzene rings is 2. The molecule has 1 amide bonds. The molecule has 0 fully saturated rings. The van der Waals surface area contributed by atoms with Gasteiger partial charge in [-0.2, -0.15) is 5.01 Å². The van der Waals surface area contributed by atoms with Crippen molar-refractivity contribution in [3.63, 3.8) is 0 Å². The number of methoxy groups -OCH3 is 2. The smallest absolute Gasteiger partial charge is 0.247 e. The maximum Gasteiger partial charge on any atom is 0.247 e. The number of aryl methyl sites for hydroxylation is 2. The van der Waals surface area contributed by atoms with E-state index < -0.39 is 5.72 Å². The molecule has 0 saturated heterocycles. The van der Waals surface area contributed by atoms with Crippen molar-refractivity contribution >= 4 is 11.8 Å². The summed E-state index contributed by atoms with van der Waals surface area (Å²) in [7, 11) is 3.13. The highest BCUT2D eigenvalue weighted by atomic mass is 16.6. The zero-order valence-corrected chi connectivity index (χ0v) is 17.6. The SMILES string of the molecule is COc1ccc([C@@]2(C)OC(COc3c(C)cccc3C)=NN2C(C)=O)cc1OC. The summed E-state index contributed by atoms with van der Waals surface area (Å²) in [6.45, 7) is 7.30. The lowest BCUT2D eigenvalue weighted by Gasteiger charge is -2.31. The van der Waals surface area contributed by atoms with E-state index in [1.54, 1.807) is 33.3 Å². The highest BCUT2D eigenvalue weighted by Gasteiger charge is 2.45. The summed E-state index contributed by atoms with van der Waals surface area (Å²) < 4.78 is 22.8. The highest BCUT2D eigenvalue weighted by Crippen LogP contribution is 2.39. The second-order valence-corrected chi connectivity index (χ2v) is 6.99. The zero-order chi connectivity index (χ0) is 21.2. The van der Waals surface area contributed by atoms with Crippen molar-refractivity contribution in [2.75, 3.05) is 20.8 Å². The molecule has 7 nitrogen and oxygen atoms in total. The molecule has 2 aromatic carbocycles. The van der Waals surface area contributed by atoms with Crippen LogP contribution < -0.4 is 14.2 Å². The van der Waals surface area contributed by atoms with Crippen molar-refractivity contribution < 1.29 is 23.7 Å². The molecule has 1 atom stereocenters. The van der Waals surface area contributed by atoms with Gasteiger partial charge in [0.1, 0.15) is 5.75 Å². The topological polar surface area (TPSA) is 69.6 Å². The largest absolute Gasteiger partial charge is 0.493 e. The van der Waals surface area contributed by atoms with Gasteiger partial charge >= 0.3 is 0 Å². The van der Waals surface area contributed by atoms with Gasteiger partial charge in [-0.05, 0) is 43.2 Å². The van der Waals surface area contributed by atoms with Gasteiger partial charge in [0.05, 0.1) is 14.2 Å². The van der Waals surface area contributed by atoms with Crippen LogP contribution in [0.5, 0.6) is 17.2 Å². The Morgan fingerprint density at radius 3 is 2.34 bits per heavy atom. The van der Waals surface area contributed by atoms with E-state index in [1.807, 2.05) is 38.1 Å². The number of hydrogen-bond acceptors (Lipinski definition) is 6. The van der Waals surface area contributed by atoms with Crippen LogP contribution in [0, 0.1) is 13.8 Å². The number of carbonyl (C=O) groups excluding carboxylic acids is 1. The number of rotatable bonds is 6. The number of nitrogens with zero attached hydrogens (tertiary/aromatic N) is 2. The van der Waals surface area contributed by atoms with Gasteiger partial charge in [-0.25, -0.2) is 0 Å². The summed E-state index contributed by atoms with van der Waals surface area (Å²) in [5.74, 6) is 1.99. The standard InChI is InChI=1S/C22H26N2O5/c1-14-8-7-9-15(2)21(14)28-13-20-23-24(16(3)25)22(4,29-20)17-10-11-18(26-5)19(12-17)27-6/h7-12H,13H2,1-6H3/t22-/m1/s1. The first-order chi connectivity index (χ1) is 13.8. The third-order valence-corrected chi connectivity index (χ3v) is 4.90. The molecule has 0 radical (unpaired) electrons. The third-order valence-electron chi connectivity index (χ3n) is 4.90. The van der Waals surface area contributed by atoms with E-state index in [0.29, 0.717) is 23.0 Å². The normalized spacial score (nSPS) is 18.1. The molecule has 0 saturated carbocycles. The fourth-order valence-corrected chi connectivity index (χ4v) is 3.40. The summed E-state index contributed by atoms with van der Waals surface area (Å²) >= 11 is 0. The second-order valence-electron chi connectivity index (χ2n) is 6.99. The molecule has 1 aliphatic heterocycles. The Labute approximate surface area is 170 Å². The van der Waals surface area contributed by atoms with Gasteiger partial charge in [0.2, 0.25) is 17.5 Å². The molecule has 29 heavy (non-hydrogen) atoms. The molecule has 0 N–H and O–H groups in total. The second kappa shape index (κ2) is 8.03. The van der Waals surface area contributed by atoms with Crippen LogP contribution in [0.25, 0.3) is 0 Å². The van der Waals surface area contributed by atoms with Crippen LogP contribution in [0.15, 0.2) is 41.5 Å². The molecule has 0 bridgehead atoms. The van der Waals surface area contributed by atoms with E-state index in [4.69, 9.17) is 18.9 Å². The molecule has 1 heterocycles. The van der Waals surface area contributed by atoms with Crippen molar-refractivity contribution in [1.29, 1.82) is 0 Å². The van der Waals surface area contributed by atoms with Crippen molar-refractivity contribution in [2.45, 2.75) is 33.4 Å². The molecule has 7 heteroatoms. The van der Waals surface area contributed by atoms with Crippen LogP contribution in [-0.2, 0) is 15.3 Å². The Kier molecular flexibility index (Phi) is 5.68. The van der Waals surface area contributed by atoms with Gasteiger partial charge in [-0.15, -0.1) is 5.10 Å². The van der Waals surface area contributed by atoms with E-state index in [-0.39, 0.29) is 12.5 Å². The van der Waals surface area contributed by atoms with Crippen molar-refractivity contribution in [2.24, 2.45) is 5.10 Å². The fourth-order valence-electron chi connectivity index (χ4n) is 3.40. The average Bonchev–Trinajstić information content (AvgIpc) is 3.05. The van der Waals surface area contributed by atoms with Crippen LogP contribution in [-0.4, -0.2) is 37.6 Å². The molecule has 2 aromatic rings.